The number of nitrogens with one attached hydrogen (secondary N) is 2. The first-order valence-corrected chi connectivity index (χ1v) is 7.47. The number of anilines is 1. The molecule has 2 atom stereocenters. The molecule has 1 aliphatic rings. The molecular weight excluding hydrogens is 311 g/mol. The number of carbonyl (C=O) groups excluding carboxylic acids is 1. The molecule has 0 radical (unpaired) electrons. The van der Waals surface area contributed by atoms with Crippen LogP contribution in [0.1, 0.15) is 26.0 Å². The highest BCUT2D eigenvalue weighted by Crippen LogP contribution is 2.27. The molecule has 2 rings (SSSR count). The average Bonchev–Trinajstić information content (AvgIpc) is 2.83. The van der Waals surface area contributed by atoms with Crippen LogP contribution in [0.4, 0.5) is 23.9 Å². The molecule has 0 spiro atoms. The van der Waals surface area contributed by atoms with Crippen LogP contribution in [-0.4, -0.2) is 46.6 Å². The number of rotatable bonds is 4. The molecule has 0 aliphatic carbocycles. The zero-order valence-corrected chi connectivity index (χ0v) is 13.0. The SMILES string of the molecule is CC1CCN(C(=O)NCCNc2nccc(C(F)(F)F)n2)C1C. The van der Waals surface area contributed by atoms with Crippen LogP contribution in [0.25, 0.3) is 0 Å². The van der Waals surface area contributed by atoms with Crippen molar-refractivity contribution in [2.75, 3.05) is 25.0 Å². The van der Waals surface area contributed by atoms with Crippen molar-refractivity contribution in [3.8, 4) is 0 Å². The summed E-state index contributed by atoms with van der Waals surface area (Å²) in [5.74, 6) is 0.356. The van der Waals surface area contributed by atoms with E-state index in [9.17, 15) is 18.0 Å². The second-order valence-electron chi connectivity index (χ2n) is 5.62. The van der Waals surface area contributed by atoms with Gasteiger partial charge >= 0.3 is 12.2 Å². The Morgan fingerprint density at radius 2 is 2.13 bits per heavy atom. The Labute approximate surface area is 132 Å². The maximum atomic E-state index is 12.5. The van der Waals surface area contributed by atoms with Crippen molar-refractivity contribution in [2.24, 2.45) is 5.92 Å². The van der Waals surface area contributed by atoms with Crippen LogP contribution in [0, 0.1) is 5.92 Å². The summed E-state index contributed by atoms with van der Waals surface area (Å²) in [6.07, 6.45) is -2.48. The molecule has 1 fully saturated rings. The van der Waals surface area contributed by atoms with Crippen molar-refractivity contribution in [2.45, 2.75) is 32.5 Å². The molecule has 2 unspecified atom stereocenters. The number of halogens is 3. The van der Waals surface area contributed by atoms with Gasteiger partial charge < -0.3 is 15.5 Å². The molecule has 1 aromatic rings. The molecule has 1 aliphatic heterocycles. The molecule has 1 aromatic heterocycles. The molecule has 0 aromatic carbocycles. The number of nitrogens with zero attached hydrogens (tertiary/aromatic N) is 3. The summed E-state index contributed by atoms with van der Waals surface area (Å²) >= 11 is 0. The largest absolute Gasteiger partial charge is 0.433 e. The van der Waals surface area contributed by atoms with Crippen LogP contribution in [-0.2, 0) is 6.18 Å². The normalized spacial score (nSPS) is 21.3. The van der Waals surface area contributed by atoms with Crippen molar-refractivity contribution in [3.63, 3.8) is 0 Å². The maximum absolute atomic E-state index is 12.5. The quantitative estimate of drug-likeness (QED) is 0.831. The van der Waals surface area contributed by atoms with E-state index in [1.807, 2.05) is 6.92 Å². The van der Waals surface area contributed by atoms with Gasteiger partial charge in [0.05, 0.1) is 0 Å². The van der Waals surface area contributed by atoms with E-state index < -0.39 is 11.9 Å². The number of hydrogen-bond donors (Lipinski definition) is 2. The van der Waals surface area contributed by atoms with E-state index in [0.717, 1.165) is 25.2 Å². The maximum Gasteiger partial charge on any atom is 0.433 e. The van der Waals surface area contributed by atoms with Gasteiger partial charge in [-0.1, -0.05) is 6.92 Å². The molecule has 0 bridgehead atoms. The van der Waals surface area contributed by atoms with Crippen LogP contribution in [0.5, 0.6) is 0 Å². The minimum atomic E-state index is -4.50. The van der Waals surface area contributed by atoms with Crippen molar-refractivity contribution >= 4 is 12.0 Å². The minimum Gasteiger partial charge on any atom is -0.352 e. The van der Waals surface area contributed by atoms with Gasteiger partial charge in [-0.3, -0.25) is 0 Å². The summed E-state index contributed by atoms with van der Waals surface area (Å²) in [5.41, 5.74) is -1.00. The fraction of sp³-hybridized carbons (Fsp3) is 0.643. The number of hydrogen-bond acceptors (Lipinski definition) is 4. The number of amides is 2. The fourth-order valence-electron chi connectivity index (χ4n) is 2.43. The number of likely N-dealkylation sites (tertiary alicyclic amines) is 1. The van der Waals surface area contributed by atoms with Crippen LogP contribution < -0.4 is 10.6 Å². The van der Waals surface area contributed by atoms with E-state index in [1.165, 1.54) is 0 Å². The molecule has 23 heavy (non-hydrogen) atoms. The summed E-state index contributed by atoms with van der Waals surface area (Å²) in [6, 6.07) is 0.839. The summed E-state index contributed by atoms with van der Waals surface area (Å²) in [6.45, 7) is 5.34. The van der Waals surface area contributed by atoms with Crippen LogP contribution in [0.3, 0.4) is 0 Å². The third kappa shape index (κ3) is 4.46. The first kappa shape index (κ1) is 17.3. The van der Waals surface area contributed by atoms with E-state index in [2.05, 4.69) is 27.5 Å². The Balaban J connectivity index is 1.76. The van der Waals surface area contributed by atoms with Gasteiger partial charge in [-0.15, -0.1) is 0 Å². The monoisotopic (exact) mass is 331 g/mol. The van der Waals surface area contributed by atoms with E-state index in [4.69, 9.17) is 0 Å². The average molecular weight is 331 g/mol. The van der Waals surface area contributed by atoms with Crippen LogP contribution in [0.2, 0.25) is 0 Å². The van der Waals surface area contributed by atoms with Gasteiger partial charge in [-0.05, 0) is 25.3 Å². The van der Waals surface area contributed by atoms with Gasteiger partial charge in [0.2, 0.25) is 5.95 Å². The number of urea groups is 1. The van der Waals surface area contributed by atoms with Gasteiger partial charge in [-0.2, -0.15) is 13.2 Å². The van der Waals surface area contributed by atoms with Gasteiger partial charge in [-0.25, -0.2) is 14.8 Å². The third-order valence-corrected chi connectivity index (χ3v) is 4.03. The highest BCUT2D eigenvalue weighted by Gasteiger charge is 2.33. The summed E-state index contributed by atoms with van der Waals surface area (Å²) in [5, 5.41) is 5.40. The highest BCUT2D eigenvalue weighted by atomic mass is 19.4. The highest BCUT2D eigenvalue weighted by molar-refractivity contribution is 5.74. The van der Waals surface area contributed by atoms with Gasteiger partial charge in [0, 0.05) is 31.9 Å². The molecule has 1 saturated heterocycles. The molecule has 128 valence electrons. The van der Waals surface area contributed by atoms with E-state index in [-0.39, 0.29) is 31.1 Å². The Kier molecular flexibility index (Phi) is 5.27. The van der Waals surface area contributed by atoms with Crippen LogP contribution >= 0.6 is 0 Å². The molecule has 9 heteroatoms. The predicted octanol–water partition coefficient (Wildman–Crippen LogP) is 2.35. The Bertz CT molecular complexity index is 551. The molecular formula is C14H20F3N5O. The molecule has 6 nitrogen and oxygen atoms in total. The number of carbonyl (C=O) groups is 1. The van der Waals surface area contributed by atoms with Gasteiger partial charge in [0.25, 0.3) is 0 Å². The predicted molar refractivity (Wildman–Crippen MR) is 78.9 cm³/mol. The summed E-state index contributed by atoms with van der Waals surface area (Å²) < 4.78 is 37.6. The lowest BCUT2D eigenvalue weighted by Crippen LogP contribution is -2.44. The number of alkyl halides is 3. The number of aromatic nitrogens is 2. The zero-order chi connectivity index (χ0) is 17.0. The first-order chi connectivity index (χ1) is 10.8. The van der Waals surface area contributed by atoms with Crippen molar-refractivity contribution in [1.29, 1.82) is 0 Å². The molecule has 2 N–H and O–H groups in total. The second kappa shape index (κ2) is 7.01. The van der Waals surface area contributed by atoms with Crippen molar-refractivity contribution in [1.82, 2.24) is 20.2 Å². The van der Waals surface area contributed by atoms with Gasteiger partial charge in [0.1, 0.15) is 5.69 Å². The van der Waals surface area contributed by atoms with Crippen molar-refractivity contribution < 1.29 is 18.0 Å². The first-order valence-electron chi connectivity index (χ1n) is 7.47. The topological polar surface area (TPSA) is 70.2 Å². The molecule has 2 heterocycles. The summed E-state index contributed by atoms with van der Waals surface area (Å²) in [7, 11) is 0. The van der Waals surface area contributed by atoms with Crippen LogP contribution in [0.15, 0.2) is 12.3 Å². The Morgan fingerprint density at radius 1 is 1.39 bits per heavy atom. The standard InChI is InChI=1S/C14H20F3N5O/c1-9-4-8-22(10(9)2)13(23)20-7-6-19-12-18-5-3-11(21-12)14(15,16)17/h3,5,9-10H,4,6-8H2,1-2H3,(H,20,23)(H,18,19,21). The minimum absolute atomic E-state index is 0.114. The third-order valence-electron chi connectivity index (χ3n) is 4.03. The van der Waals surface area contributed by atoms with E-state index in [1.54, 1.807) is 4.90 Å². The lowest BCUT2D eigenvalue weighted by Gasteiger charge is -2.23. The van der Waals surface area contributed by atoms with E-state index >= 15 is 0 Å². The van der Waals surface area contributed by atoms with Gasteiger partial charge in [0.15, 0.2) is 0 Å². The smallest absolute Gasteiger partial charge is 0.352 e. The second-order valence-corrected chi connectivity index (χ2v) is 5.62. The zero-order valence-electron chi connectivity index (χ0n) is 13.0. The Morgan fingerprint density at radius 3 is 2.74 bits per heavy atom. The van der Waals surface area contributed by atoms with E-state index in [0.29, 0.717) is 5.92 Å². The van der Waals surface area contributed by atoms with Crippen molar-refractivity contribution in [3.05, 3.63) is 18.0 Å². The fourth-order valence-corrected chi connectivity index (χ4v) is 2.43. The lowest BCUT2D eigenvalue weighted by molar-refractivity contribution is -0.141. The lowest BCUT2D eigenvalue weighted by atomic mass is 10.1. The molecule has 0 saturated carbocycles. The Hall–Kier alpha value is -2.06. The molecule has 2 amide bonds. The summed E-state index contributed by atoms with van der Waals surface area (Å²) in [4.78, 5) is 20.9.